The summed E-state index contributed by atoms with van der Waals surface area (Å²) in [6.07, 6.45) is 2.26. The van der Waals surface area contributed by atoms with Crippen LogP contribution in [0.4, 0.5) is 0 Å². The van der Waals surface area contributed by atoms with E-state index in [-0.39, 0.29) is 0 Å². The summed E-state index contributed by atoms with van der Waals surface area (Å²) in [5.41, 5.74) is 0.417. The van der Waals surface area contributed by atoms with E-state index in [0.29, 0.717) is 5.41 Å². The zero-order valence-corrected chi connectivity index (χ0v) is 6.65. The summed E-state index contributed by atoms with van der Waals surface area (Å²) in [6, 6.07) is 0. The van der Waals surface area contributed by atoms with Gasteiger partial charge in [0.15, 0.2) is 0 Å². The van der Waals surface area contributed by atoms with E-state index >= 15 is 0 Å². The van der Waals surface area contributed by atoms with E-state index in [4.69, 9.17) is 0 Å². The molecule has 0 heterocycles. The molecule has 0 aromatic heterocycles. The molecule has 8 heavy (non-hydrogen) atoms. The maximum absolute atomic E-state index is 2.26. The van der Waals surface area contributed by atoms with Crippen LogP contribution in [0, 0.1) is 17.8 Å². The van der Waals surface area contributed by atoms with Gasteiger partial charge in [-0.25, -0.2) is 0 Å². The van der Waals surface area contributed by atoms with Crippen LogP contribution in [-0.2, 0) is 0 Å². The first-order valence-electron chi connectivity index (χ1n) is 3.31. The Labute approximate surface area is 53.3 Å². The number of rotatable bonds is 2. The lowest BCUT2D eigenvalue weighted by Gasteiger charge is -2.37. The molecule has 0 aliphatic heterocycles. The van der Waals surface area contributed by atoms with E-state index in [2.05, 4.69) is 41.0 Å². The standard InChI is InChI=1S/C8H17/c1-6-8(4,5)7(2)3/h6-7H,1-5H3/q-1. The summed E-state index contributed by atoms with van der Waals surface area (Å²) in [6.45, 7) is 11.1. The molecular weight excluding hydrogens is 96.1 g/mol. The van der Waals surface area contributed by atoms with Crippen molar-refractivity contribution in [3.8, 4) is 0 Å². The first kappa shape index (κ1) is 8.00. The molecule has 0 radical (unpaired) electrons. The van der Waals surface area contributed by atoms with Crippen LogP contribution in [0.2, 0.25) is 0 Å². The Hall–Kier alpha value is 0. The minimum atomic E-state index is 0.417. The lowest BCUT2D eigenvalue weighted by atomic mass is 9.79. The Morgan fingerprint density at radius 1 is 1.25 bits per heavy atom. The van der Waals surface area contributed by atoms with Gasteiger partial charge < -0.3 is 6.42 Å². The number of hydrogen-bond donors (Lipinski definition) is 0. The molecule has 0 N–H and O–H groups in total. The summed E-state index contributed by atoms with van der Waals surface area (Å²) in [5.74, 6) is 0.757. The van der Waals surface area contributed by atoms with Crippen molar-refractivity contribution in [3.05, 3.63) is 6.42 Å². The third-order valence-electron chi connectivity index (χ3n) is 2.23. The van der Waals surface area contributed by atoms with Gasteiger partial charge >= 0.3 is 0 Å². The topological polar surface area (TPSA) is 0 Å². The fourth-order valence-electron chi connectivity index (χ4n) is 0.333. The third-order valence-corrected chi connectivity index (χ3v) is 2.23. The predicted molar refractivity (Wildman–Crippen MR) is 38.6 cm³/mol. The van der Waals surface area contributed by atoms with Crippen LogP contribution in [-0.4, -0.2) is 0 Å². The van der Waals surface area contributed by atoms with Crippen molar-refractivity contribution in [1.29, 1.82) is 0 Å². The molecule has 0 aromatic carbocycles. The highest BCUT2D eigenvalue weighted by Gasteiger charge is 2.09. The van der Waals surface area contributed by atoms with Crippen molar-refractivity contribution in [1.82, 2.24) is 0 Å². The third kappa shape index (κ3) is 1.85. The minimum Gasteiger partial charge on any atom is -0.326 e. The molecule has 0 rings (SSSR count). The van der Waals surface area contributed by atoms with Crippen LogP contribution in [0.5, 0.6) is 0 Å². The Kier molecular flexibility index (Phi) is 2.52. The van der Waals surface area contributed by atoms with E-state index in [0.717, 1.165) is 5.92 Å². The van der Waals surface area contributed by atoms with Crippen molar-refractivity contribution >= 4 is 0 Å². The van der Waals surface area contributed by atoms with E-state index in [9.17, 15) is 0 Å². The molecule has 0 aromatic rings. The fourth-order valence-corrected chi connectivity index (χ4v) is 0.333. The van der Waals surface area contributed by atoms with Crippen LogP contribution in [0.25, 0.3) is 0 Å². The Bertz CT molecular complexity index is 60.4. The van der Waals surface area contributed by atoms with Gasteiger partial charge in [0.05, 0.1) is 0 Å². The van der Waals surface area contributed by atoms with Gasteiger partial charge in [0.1, 0.15) is 0 Å². The molecule has 0 nitrogen and oxygen atoms in total. The highest BCUT2D eigenvalue weighted by Crippen LogP contribution is 2.28. The monoisotopic (exact) mass is 113 g/mol. The van der Waals surface area contributed by atoms with Gasteiger partial charge in [-0.05, 0) is 0 Å². The molecule has 0 saturated carbocycles. The second-order valence-corrected chi connectivity index (χ2v) is 3.26. The van der Waals surface area contributed by atoms with Crippen molar-refractivity contribution < 1.29 is 0 Å². The van der Waals surface area contributed by atoms with E-state index in [1.165, 1.54) is 0 Å². The van der Waals surface area contributed by atoms with Gasteiger partial charge in [0.2, 0.25) is 0 Å². The number of hydrogen-bond acceptors (Lipinski definition) is 0. The van der Waals surface area contributed by atoms with Gasteiger partial charge in [0.25, 0.3) is 0 Å². The maximum Gasteiger partial charge on any atom is -0.0647 e. The largest absolute Gasteiger partial charge is 0.326 e. The van der Waals surface area contributed by atoms with Crippen LogP contribution >= 0.6 is 0 Å². The van der Waals surface area contributed by atoms with Crippen LogP contribution < -0.4 is 0 Å². The highest BCUT2D eigenvalue weighted by atomic mass is 14.2. The summed E-state index contributed by atoms with van der Waals surface area (Å²) in [4.78, 5) is 0. The Morgan fingerprint density at radius 3 is 1.62 bits per heavy atom. The molecule has 0 saturated heterocycles. The van der Waals surface area contributed by atoms with Gasteiger partial charge in [-0.1, -0.05) is 33.6 Å². The summed E-state index contributed by atoms with van der Waals surface area (Å²) in [7, 11) is 0. The van der Waals surface area contributed by atoms with Crippen LogP contribution in [0.15, 0.2) is 0 Å². The molecule has 0 spiro atoms. The quantitative estimate of drug-likeness (QED) is 0.483. The molecule has 0 atom stereocenters. The Morgan fingerprint density at radius 2 is 1.62 bits per heavy atom. The van der Waals surface area contributed by atoms with E-state index in [1.54, 1.807) is 0 Å². The van der Waals surface area contributed by atoms with E-state index in [1.807, 2.05) is 0 Å². The van der Waals surface area contributed by atoms with Crippen LogP contribution in [0.3, 0.4) is 0 Å². The van der Waals surface area contributed by atoms with Gasteiger partial charge in [-0.2, -0.15) is 12.3 Å². The lowest BCUT2D eigenvalue weighted by Crippen LogP contribution is -2.17. The molecule has 0 aliphatic carbocycles. The fraction of sp³-hybridized carbons (Fsp3) is 0.875. The van der Waals surface area contributed by atoms with Gasteiger partial charge in [-0.3, -0.25) is 0 Å². The normalized spacial score (nSPS) is 12.8. The minimum absolute atomic E-state index is 0.417. The highest BCUT2D eigenvalue weighted by molar-refractivity contribution is 4.83. The summed E-state index contributed by atoms with van der Waals surface area (Å²) in [5, 5.41) is 0. The molecule has 0 amide bonds. The van der Waals surface area contributed by atoms with Gasteiger partial charge in [-0.15, -0.1) is 0 Å². The second-order valence-electron chi connectivity index (χ2n) is 3.26. The van der Waals surface area contributed by atoms with Crippen molar-refractivity contribution in [2.24, 2.45) is 11.3 Å². The maximum atomic E-state index is 2.26. The smallest absolute Gasteiger partial charge is 0.0647 e. The average Bonchev–Trinajstić information content (AvgIpc) is 1.67. The second kappa shape index (κ2) is 2.52. The molecular formula is C8H17-. The molecule has 0 fully saturated rings. The Balaban J connectivity index is 3.71. The molecule has 0 aliphatic rings. The lowest BCUT2D eigenvalue weighted by molar-refractivity contribution is 0.304. The SMILES string of the molecule is C[CH-]C(C)(C)C(C)C. The molecule has 0 heteroatoms. The van der Waals surface area contributed by atoms with Crippen LogP contribution in [0.1, 0.15) is 34.6 Å². The summed E-state index contributed by atoms with van der Waals surface area (Å²) >= 11 is 0. The van der Waals surface area contributed by atoms with E-state index < -0.39 is 0 Å². The zero-order chi connectivity index (χ0) is 6.78. The molecule has 0 unspecified atom stereocenters. The molecule has 50 valence electrons. The first-order valence-corrected chi connectivity index (χ1v) is 3.31. The van der Waals surface area contributed by atoms with Crippen molar-refractivity contribution in [3.63, 3.8) is 0 Å². The van der Waals surface area contributed by atoms with Crippen molar-refractivity contribution in [2.45, 2.75) is 34.6 Å². The van der Waals surface area contributed by atoms with Gasteiger partial charge in [0, 0.05) is 0 Å². The molecule has 0 bridgehead atoms. The summed E-state index contributed by atoms with van der Waals surface area (Å²) < 4.78 is 0. The van der Waals surface area contributed by atoms with Crippen molar-refractivity contribution in [2.75, 3.05) is 0 Å². The zero-order valence-electron chi connectivity index (χ0n) is 6.65. The predicted octanol–water partition coefficient (Wildman–Crippen LogP) is 2.89. The first-order chi connectivity index (χ1) is 3.50. The average molecular weight is 113 g/mol.